The number of rotatable bonds is 4. The number of nitrogens with one attached hydrogen (secondary N) is 1. The Balaban J connectivity index is 2.84. The smallest absolute Gasteiger partial charge is 0.253 e. The molecule has 1 aromatic rings. The molecule has 0 aromatic carbocycles. The second-order valence-corrected chi connectivity index (χ2v) is 5.05. The fourth-order valence-electron chi connectivity index (χ4n) is 1.60. The zero-order chi connectivity index (χ0) is 12.2. The maximum absolute atomic E-state index is 11.6. The first-order chi connectivity index (χ1) is 7.45. The summed E-state index contributed by atoms with van der Waals surface area (Å²) in [6.45, 7) is 10.1. The molecule has 0 spiro atoms. The lowest BCUT2D eigenvalue weighted by Gasteiger charge is -2.31. The zero-order valence-corrected chi connectivity index (χ0v) is 10.5. The highest BCUT2D eigenvalue weighted by atomic mass is 16.1. The molecule has 1 atom stereocenters. The molecule has 90 valence electrons. The van der Waals surface area contributed by atoms with Crippen molar-refractivity contribution >= 4 is 0 Å². The van der Waals surface area contributed by atoms with Gasteiger partial charge in [0.1, 0.15) is 0 Å². The predicted octanol–water partition coefficient (Wildman–Crippen LogP) is 1.27. The molecule has 0 aliphatic rings. The molecule has 1 N–H and O–H groups in total. The molecule has 1 unspecified atom stereocenters. The lowest BCUT2D eigenvalue weighted by molar-refractivity contribution is 0.243. The minimum atomic E-state index is 0.00199. The van der Waals surface area contributed by atoms with Gasteiger partial charge in [-0.25, -0.2) is 4.98 Å². The average molecular weight is 223 g/mol. The molecular formula is C12H21N3O. The SMILES string of the molecule is CCNC(Cn1cnccc1=O)C(C)(C)C. The molecule has 4 nitrogen and oxygen atoms in total. The van der Waals surface area contributed by atoms with Crippen LogP contribution in [0.1, 0.15) is 27.7 Å². The van der Waals surface area contributed by atoms with Gasteiger partial charge in [0.15, 0.2) is 0 Å². The molecule has 0 saturated heterocycles. The van der Waals surface area contributed by atoms with E-state index in [1.807, 2.05) is 0 Å². The van der Waals surface area contributed by atoms with Crippen molar-refractivity contribution in [1.82, 2.24) is 14.9 Å². The fourth-order valence-corrected chi connectivity index (χ4v) is 1.60. The highest BCUT2D eigenvalue weighted by molar-refractivity contribution is 4.86. The second kappa shape index (κ2) is 5.25. The fraction of sp³-hybridized carbons (Fsp3) is 0.667. The summed E-state index contributed by atoms with van der Waals surface area (Å²) in [5, 5.41) is 3.41. The first-order valence-corrected chi connectivity index (χ1v) is 5.69. The van der Waals surface area contributed by atoms with E-state index in [1.54, 1.807) is 10.9 Å². The molecule has 0 saturated carbocycles. The Hall–Kier alpha value is -1.16. The van der Waals surface area contributed by atoms with Crippen molar-refractivity contribution in [3.63, 3.8) is 0 Å². The monoisotopic (exact) mass is 223 g/mol. The Kier molecular flexibility index (Phi) is 4.24. The van der Waals surface area contributed by atoms with Gasteiger partial charge in [-0.05, 0) is 12.0 Å². The summed E-state index contributed by atoms with van der Waals surface area (Å²) in [6.07, 6.45) is 3.12. The number of likely N-dealkylation sites (N-methyl/N-ethyl adjacent to an activating group) is 1. The van der Waals surface area contributed by atoms with E-state index in [9.17, 15) is 4.79 Å². The molecule has 0 amide bonds. The quantitative estimate of drug-likeness (QED) is 0.836. The van der Waals surface area contributed by atoms with E-state index >= 15 is 0 Å². The third kappa shape index (κ3) is 3.45. The van der Waals surface area contributed by atoms with Gasteiger partial charge in [-0.1, -0.05) is 27.7 Å². The Bertz CT molecular complexity index is 378. The summed E-state index contributed by atoms with van der Waals surface area (Å²) < 4.78 is 1.65. The highest BCUT2D eigenvalue weighted by Crippen LogP contribution is 2.20. The lowest BCUT2D eigenvalue weighted by Crippen LogP contribution is -2.45. The third-order valence-electron chi connectivity index (χ3n) is 2.67. The Morgan fingerprint density at radius 1 is 1.50 bits per heavy atom. The normalized spacial score (nSPS) is 13.8. The van der Waals surface area contributed by atoms with Crippen LogP contribution in [-0.2, 0) is 6.54 Å². The minimum absolute atomic E-state index is 0.00199. The first-order valence-electron chi connectivity index (χ1n) is 5.69. The number of nitrogens with zero attached hydrogens (tertiary/aromatic N) is 2. The summed E-state index contributed by atoms with van der Waals surface area (Å²) in [6, 6.07) is 1.76. The van der Waals surface area contributed by atoms with Crippen molar-refractivity contribution in [2.24, 2.45) is 5.41 Å². The van der Waals surface area contributed by atoms with E-state index in [0.29, 0.717) is 6.54 Å². The molecular weight excluding hydrogens is 202 g/mol. The molecule has 0 fully saturated rings. The third-order valence-corrected chi connectivity index (χ3v) is 2.67. The molecule has 0 radical (unpaired) electrons. The second-order valence-electron chi connectivity index (χ2n) is 5.05. The maximum atomic E-state index is 11.6. The number of aromatic nitrogens is 2. The topological polar surface area (TPSA) is 46.9 Å². The van der Waals surface area contributed by atoms with Gasteiger partial charge < -0.3 is 5.32 Å². The van der Waals surface area contributed by atoms with Crippen LogP contribution in [0.15, 0.2) is 23.4 Å². The van der Waals surface area contributed by atoms with Gasteiger partial charge in [0.2, 0.25) is 0 Å². The molecule has 16 heavy (non-hydrogen) atoms. The highest BCUT2D eigenvalue weighted by Gasteiger charge is 2.24. The summed E-state index contributed by atoms with van der Waals surface area (Å²) in [4.78, 5) is 15.6. The van der Waals surface area contributed by atoms with Crippen LogP contribution in [0, 0.1) is 5.41 Å². The minimum Gasteiger partial charge on any atom is -0.312 e. The summed E-state index contributed by atoms with van der Waals surface area (Å²) in [5.41, 5.74) is 0.118. The van der Waals surface area contributed by atoms with Gasteiger partial charge in [-0.15, -0.1) is 0 Å². The zero-order valence-electron chi connectivity index (χ0n) is 10.5. The van der Waals surface area contributed by atoms with Crippen LogP contribution >= 0.6 is 0 Å². The van der Waals surface area contributed by atoms with Crippen LogP contribution < -0.4 is 10.9 Å². The molecule has 0 bridgehead atoms. The van der Waals surface area contributed by atoms with Crippen LogP contribution in [-0.4, -0.2) is 22.1 Å². The van der Waals surface area contributed by atoms with Crippen molar-refractivity contribution in [2.75, 3.05) is 6.54 Å². The standard InChI is InChI=1S/C12H21N3O/c1-5-14-10(12(2,3)4)8-15-9-13-7-6-11(15)16/h6-7,9-10,14H,5,8H2,1-4H3. The van der Waals surface area contributed by atoms with Crippen LogP contribution in [0.25, 0.3) is 0 Å². The average Bonchev–Trinajstić information content (AvgIpc) is 2.19. The van der Waals surface area contributed by atoms with Gasteiger partial charge in [-0.3, -0.25) is 9.36 Å². The molecule has 1 aromatic heterocycles. The molecule has 0 aliphatic carbocycles. The Labute approximate surface area is 96.7 Å². The Morgan fingerprint density at radius 2 is 2.19 bits per heavy atom. The van der Waals surface area contributed by atoms with Crippen molar-refractivity contribution in [1.29, 1.82) is 0 Å². The molecule has 0 aliphatic heterocycles. The number of hydrogen-bond acceptors (Lipinski definition) is 3. The maximum Gasteiger partial charge on any atom is 0.253 e. The van der Waals surface area contributed by atoms with Gasteiger partial charge >= 0.3 is 0 Å². The molecule has 1 rings (SSSR count). The number of hydrogen-bond donors (Lipinski definition) is 1. The predicted molar refractivity (Wildman–Crippen MR) is 65.4 cm³/mol. The van der Waals surface area contributed by atoms with E-state index in [1.165, 1.54) is 12.3 Å². The van der Waals surface area contributed by atoms with Gasteiger partial charge in [0.05, 0.1) is 6.33 Å². The van der Waals surface area contributed by atoms with Crippen LogP contribution in [0.4, 0.5) is 0 Å². The molecule has 4 heteroatoms. The van der Waals surface area contributed by atoms with Gasteiger partial charge in [0, 0.05) is 24.8 Å². The summed E-state index contributed by atoms with van der Waals surface area (Å²) >= 11 is 0. The van der Waals surface area contributed by atoms with E-state index < -0.39 is 0 Å². The lowest BCUT2D eigenvalue weighted by atomic mass is 9.86. The van der Waals surface area contributed by atoms with Crippen LogP contribution in [0.3, 0.4) is 0 Å². The van der Waals surface area contributed by atoms with E-state index in [4.69, 9.17) is 0 Å². The molecule has 1 heterocycles. The van der Waals surface area contributed by atoms with Crippen molar-refractivity contribution in [3.8, 4) is 0 Å². The van der Waals surface area contributed by atoms with E-state index in [-0.39, 0.29) is 17.0 Å². The Morgan fingerprint density at radius 3 is 2.69 bits per heavy atom. The van der Waals surface area contributed by atoms with E-state index in [2.05, 4.69) is 38.0 Å². The van der Waals surface area contributed by atoms with Crippen molar-refractivity contribution in [3.05, 3.63) is 28.9 Å². The van der Waals surface area contributed by atoms with E-state index in [0.717, 1.165) is 6.54 Å². The summed E-state index contributed by atoms with van der Waals surface area (Å²) in [5.74, 6) is 0. The van der Waals surface area contributed by atoms with Crippen LogP contribution in [0.5, 0.6) is 0 Å². The summed E-state index contributed by atoms with van der Waals surface area (Å²) in [7, 11) is 0. The van der Waals surface area contributed by atoms with Crippen molar-refractivity contribution < 1.29 is 0 Å². The first kappa shape index (κ1) is 12.9. The largest absolute Gasteiger partial charge is 0.312 e. The van der Waals surface area contributed by atoms with Gasteiger partial charge in [-0.2, -0.15) is 0 Å². The van der Waals surface area contributed by atoms with Crippen LogP contribution in [0.2, 0.25) is 0 Å². The van der Waals surface area contributed by atoms with Crippen molar-refractivity contribution in [2.45, 2.75) is 40.3 Å². The van der Waals surface area contributed by atoms with Gasteiger partial charge in [0.25, 0.3) is 5.56 Å².